The van der Waals surface area contributed by atoms with Crippen LogP contribution < -0.4 is 5.32 Å². The first-order valence-corrected chi connectivity index (χ1v) is 5.38. The van der Waals surface area contributed by atoms with Crippen molar-refractivity contribution in [2.24, 2.45) is 0 Å². The molecule has 0 saturated carbocycles. The van der Waals surface area contributed by atoms with Crippen LogP contribution in [0.2, 0.25) is 0 Å². The van der Waals surface area contributed by atoms with E-state index in [1.807, 2.05) is 13.0 Å². The first-order chi connectivity index (χ1) is 6.72. The Morgan fingerprint density at radius 2 is 2.21 bits per heavy atom. The molecule has 0 aliphatic heterocycles. The number of pyridine rings is 1. The molecule has 1 rings (SSSR count). The predicted molar refractivity (Wildman–Crippen MR) is 60.2 cm³/mol. The van der Waals surface area contributed by atoms with Gasteiger partial charge < -0.3 is 5.32 Å². The zero-order chi connectivity index (χ0) is 10.4. The monoisotopic (exact) mass is 192 g/mol. The van der Waals surface area contributed by atoms with Crippen LogP contribution in [0.15, 0.2) is 18.2 Å². The Morgan fingerprint density at radius 1 is 1.43 bits per heavy atom. The van der Waals surface area contributed by atoms with E-state index in [-0.39, 0.29) is 0 Å². The molecule has 1 atom stereocenters. The van der Waals surface area contributed by atoms with E-state index in [9.17, 15) is 0 Å². The summed E-state index contributed by atoms with van der Waals surface area (Å²) in [4.78, 5) is 4.44. The van der Waals surface area contributed by atoms with Gasteiger partial charge in [-0.3, -0.25) is 4.98 Å². The van der Waals surface area contributed by atoms with Gasteiger partial charge in [0.1, 0.15) is 0 Å². The second-order valence-electron chi connectivity index (χ2n) is 3.84. The molecule has 2 nitrogen and oxygen atoms in total. The van der Waals surface area contributed by atoms with Crippen LogP contribution in [0.1, 0.15) is 38.1 Å². The normalized spacial score (nSPS) is 12.8. The standard InChI is InChI=1S/C12H20N2/c1-4-6-10(2)13-9-12-8-5-7-11(3)14-12/h5,7-8,10,13H,4,6,9H2,1-3H3. The molecule has 0 aliphatic carbocycles. The minimum atomic E-state index is 0.585. The molecule has 1 N–H and O–H groups in total. The lowest BCUT2D eigenvalue weighted by Crippen LogP contribution is -2.25. The highest BCUT2D eigenvalue weighted by Gasteiger charge is 2.00. The Bertz CT molecular complexity index is 271. The minimum absolute atomic E-state index is 0.585. The van der Waals surface area contributed by atoms with Crippen LogP contribution >= 0.6 is 0 Å². The van der Waals surface area contributed by atoms with E-state index in [4.69, 9.17) is 0 Å². The van der Waals surface area contributed by atoms with Crippen molar-refractivity contribution in [1.82, 2.24) is 10.3 Å². The van der Waals surface area contributed by atoms with Crippen LogP contribution in [0.5, 0.6) is 0 Å². The molecule has 0 amide bonds. The topological polar surface area (TPSA) is 24.9 Å². The molecule has 0 spiro atoms. The number of hydrogen-bond acceptors (Lipinski definition) is 2. The lowest BCUT2D eigenvalue weighted by atomic mass is 10.2. The van der Waals surface area contributed by atoms with Crippen LogP contribution in [-0.4, -0.2) is 11.0 Å². The van der Waals surface area contributed by atoms with E-state index >= 15 is 0 Å². The smallest absolute Gasteiger partial charge is 0.0544 e. The van der Waals surface area contributed by atoms with Crippen LogP contribution in [0.3, 0.4) is 0 Å². The number of nitrogens with one attached hydrogen (secondary N) is 1. The van der Waals surface area contributed by atoms with Gasteiger partial charge in [0.05, 0.1) is 5.69 Å². The molecule has 0 aromatic carbocycles. The van der Waals surface area contributed by atoms with Gasteiger partial charge in [0, 0.05) is 18.3 Å². The molecule has 78 valence electrons. The van der Waals surface area contributed by atoms with Crippen molar-refractivity contribution >= 4 is 0 Å². The molecule has 14 heavy (non-hydrogen) atoms. The Labute approximate surface area is 86.8 Å². The van der Waals surface area contributed by atoms with Crippen molar-refractivity contribution in [3.05, 3.63) is 29.6 Å². The summed E-state index contributed by atoms with van der Waals surface area (Å²) < 4.78 is 0. The minimum Gasteiger partial charge on any atom is -0.309 e. The summed E-state index contributed by atoms with van der Waals surface area (Å²) >= 11 is 0. The second kappa shape index (κ2) is 5.76. The first kappa shape index (κ1) is 11.2. The molecule has 0 saturated heterocycles. The summed E-state index contributed by atoms with van der Waals surface area (Å²) in [6.07, 6.45) is 2.46. The van der Waals surface area contributed by atoms with E-state index in [0.29, 0.717) is 6.04 Å². The van der Waals surface area contributed by atoms with Crippen molar-refractivity contribution in [3.63, 3.8) is 0 Å². The summed E-state index contributed by atoms with van der Waals surface area (Å²) in [5.41, 5.74) is 2.22. The third kappa shape index (κ3) is 3.88. The number of aryl methyl sites for hydroxylation is 1. The third-order valence-corrected chi connectivity index (χ3v) is 2.30. The fourth-order valence-corrected chi connectivity index (χ4v) is 1.51. The van der Waals surface area contributed by atoms with Crippen LogP contribution in [0, 0.1) is 6.92 Å². The maximum Gasteiger partial charge on any atom is 0.0544 e. The van der Waals surface area contributed by atoms with Crippen molar-refractivity contribution in [2.45, 2.75) is 46.2 Å². The van der Waals surface area contributed by atoms with E-state index in [1.165, 1.54) is 12.8 Å². The summed E-state index contributed by atoms with van der Waals surface area (Å²) in [5, 5.41) is 3.46. The van der Waals surface area contributed by atoms with E-state index in [2.05, 4.69) is 36.3 Å². The molecular formula is C12H20N2. The number of hydrogen-bond donors (Lipinski definition) is 1. The van der Waals surface area contributed by atoms with Crippen molar-refractivity contribution < 1.29 is 0 Å². The van der Waals surface area contributed by atoms with Crippen molar-refractivity contribution in [3.8, 4) is 0 Å². The molecule has 1 aromatic heterocycles. The van der Waals surface area contributed by atoms with E-state index in [0.717, 1.165) is 17.9 Å². The summed E-state index contributed by atoms with van der Waals surface area (Å²) in [6, 6.07) is 6.74. The predicted octanol–water partition coefficient (Wildman–Crippen LogP) is 2.67. The van der Waals surface area contributed by atoms with Gasteiger partial charge in [-0.2, -0.15) is 0 Å². The highest BCUT2D eigenvalue weighted by Crippen LogP contribution is 2.00. The number of nitrogens with zero attached hydrogens (tertiary/aromatic N) is 1. The van der Waals surface area contributed by atoms with Crippen molar-refractivity contribution in [1.29, 1.82) is 0 Å². The zero-order valence-electron chi connectivity index (χ0n) is 9.38. The lowest BCUT2D eigenvalue weighted by Gasteiger charge is -2.12. The van der Waals surface area contributed by atoms with Gasteiger partial charge in [-0.25, -0.2) is 0 Å². The Kier molecular flexibility index (Phi) is 4.60. The van der Waals surface area contributed by atoms with E-state index < -0.39 is 0 Å². The lowest BCUT2D eigenvalue weighted by molar-refractivity contribution is 0.504. The van der Waals surface area contributed by atoms with Gasteiger partial charge in [0.2, 0.25) is 0 Å². The molecule has 0 radical (unpaired) electrons. The average molecular weight is 192 g/mol. The Hall–Kier alpha value is -0.890. The van der Waals surface area contributed by atoms with Gasteiger partial charge in [-0.15, -0.1) is 0 Å². The molecule has 1 unspecified atom stereocenters. The largest absolute Gasteiger partial charge is 0.309 e. The average Bonchev–Trinajstić information content (AvgIpc) is 2.15. The maximum absolute atomic E-state index is 4.44. The fourth-order valence-electron chi connectivity index (χ4n) is 1.51. The molecular weight excluding hydrogens is 172 g/mol. The summed E-state index contributed by atoms with van der Waals surface area (Å²) in [5.74, 6) is 0. The fraction of sp³-hybridized carbons (Fsp3) is 0.583. The molecule has 2 heteroatoms. The zero-order valence-corrected chi connectivity index (χ0v) is 9.38. The van der Waals surface area contributed by atoms with Crippen LogP contribution in [0.4, 0.5) is 0 Å². The molecule has 1 heterocycles. The van der Waals surface area contributed by atoms with Gasteiger partial charge in [-0.05, 0) is 32.4 Å². The Balaban J connectivity index is 2.37. The highest BCUT2D eigenvalue weighted by molar-refractivity contribution is 5.09. The van der Waals surface area contributed by atoms with Crippen LogP contribution in [-0.2, 0) is 6.54 Å². The quantitative estimate of drug-likeness (QED) is 0.775. The first-order valence-electron chi connectivity index (χ1n) is 5.38. The SMILES string of the molecule is CCCC(C)NCc1cccc(C)n1. The maximum atomic E-state index is 4.44. The van der Waals surface area contributed by atoms with Gasteiger partial charge >= 0.3 is 0 Å². The van der Waals surface area contributed by atoms with Gasteiger partial charge in [0.15, 0.2) is 0 Å². The number of aromatic nitrogens is 1. The summed E-state index contributed by atoms with van der Waals surface area (Å²) in [6.45, 7) is 7.34. The molecule has 0 bridgehead atoms. The molecule has 1 aromatic rings. The van der Waals surface area contributed by atoms with Crippen molar-refractivity contribution in [2.75, 3.05) is 0 Å². The molecule has 0 fully saturated rings. The second-order valence-corrected chi connectivity index (χ2v) is 3.84. The van der Waals surface area contributed by atoms with Gasteiger partial charge in [-0.1, -0.05) is 19.4 Å². The van der Waals surface area contributed by atoms with E-state index in [1.54, 1.807) is 0 Å². The molecule has 0 aliphatic rings. The van der Waals surface area contributed by atoms with Gasteiger partial charge in [0.25, 0.3) is 0 Å². The summed E-state index contributed by atoms with van der Waals surface area (Å²) in [7, 11) is 0. The number of rotatable bonds is 5. The van der Waals surface area contributed by atoms with Crippen LogP contribution in [0.25, 0.3) is 0 Å². The third-order valence-electron chi connectivity index (χ3n) is 2.30. The highest BCUT2D eigenvalue weighted by atomic mass is 14.9. The Morgan fingerprint density at radius 3 is 2.86 bits per heavy atom.